The molecule has 0 aliphatic heterocycles. The SMILES string of the molecule is O=C(NCc1cccnc1)C1CC1c1ccccc1Cl. The maximum atomic E-state index is 12.1. The number of nitrogens with one attached hydrogen (secondary N) is 1. The third-order valence-corrected chi connectivity index (χ3v) is 3.97. The van der Waals surface area contributed by atoms with Crippen molar-refractivity contribution in [3.8, 4) is 0 Å². The minimum atomic E-state index is 0.0478. The van der Waals surface area contributed by atoms with E-state index >= 15 is 0 Å². The lowest BCUT2D eigenvalue weighted by Gasteiger charge is -2.05. The average molecular weight is 287 g/mol. The molecule has 1 N–H and O–H groups in total. The minimum absolute atomic E-state index is 0.0478. The number of hydrogen-bond acceptors (Lipinski definition) is 2. The predicted molar refractivity (Wildman–Crippen MR) is 78.4 cm³/mol. The van der Waals surface area contributed by atoms with Crippen molar-refractivity contribution in [3.63, 3.8) is 0 Å². The summed E-state index contributed by atoms with van der Waals surface area (Å²) < 4.78 is 0. The molecule has 1 aromatic carbocycles. The molecule has 0 spiro atoms. The summed E-state index contributed by atoms with van der Waals surface area (Å²) in [6, 6.07) is 11.6. The van der Waals surface area contributed by atoms with Crippen LogP contribution in [-0.2, 0) is 11.3 Å². The van der Waals surface area contributed by atoms with Crippen molar-refractivity contribution in [2.45, 2.75) is 18.9 Å². The van der Waals surface area contributed by atoms with Gasteiger partial charge in [-0.2, -0.15) is 0 Å². The summed E-state index contributed by atoms with van der Waals surface area (Å²) in [5, 5.41) is 3.71. The first-order valence-corrected chi connectivity index (χ1v) is 7.04. The Balaban J connectivity index is 1.57. The fourth-order valence-corrected chi connectivity index (χ4v) is 2.70. The second-order valence-corrected chi connectivity index (χ2v) is 5.46. The number of carbonyl (C=O) groups is 1. The number of benzene rings is 1. The van der Waals surface area contributed by atoms with E-state index in [1.54, 1.807) is 12.4 Å². The van der Waals surface area contributed by atoms with Crippen LogP contribution < -0.4 is 5.32 Å². The molecule has 1 heterocycles. The molecule has 2 aromatic rings. The molecule has 0 radical (unpaired) electrons. The number of nitrogens with zero attached hydrogens (tertiary/aromatic N) is 1. The van der Waals surface area contributed by atoms with Gasteiger partial charge in [0.1, 0.15) is 0 Å². The van der Waals surface area contributed by atoms with Gasteiger partial charge in [-0.3, -0.25) is 9.78 Å². The van der Waals surface area contributed by atoms with Crippen molar-refractivity contribution >= 4 is 17.5 Å². The highest BCUT2D eigenvalue weighted by molar-refractivity contribution is 6.31. The zero-order valence-electron chi connectivity index (χ0n) is 10.9. The van der Waals surface area contributed by atoms with Crippen molar-refractivity contribution in [1.29, 1.82) is 0 Å². The molecule has 20 heavy (non-hydrogen) atoms. The molecule has 102 valence electrons. The highest BCUT2D eigenvalue weighted by Crippen LogP contribution is 2.49. The van der Waals surface area contributed by atoms with Crippen molar-refractivity contribution in [1.82, 2.24) is 10.3 Å². The van der Waals surface area contributed by atoms with Gasteiger partial charge in [-0.15, -0.1) is 0 Å². The Labute approximate surface area is 123 Å². The fraction of sp³-hybridized carbons (Fsp3) is 0.250. The molecule has 1 aromatic heterocycles. The molecule has 1 aliphatic rings. The summed E-state index contributed by atoms with van der Waals surface area (Å²) in [5.41, 5.74) is 2.09. The molecule has 1 amide bonds. The van der Waals surface area contributed by atoms with E-state index in [9.17, 15) is 4.79 Å². The van der Waals surface area contributed by atoms with Crippen LogP contribution in [0.3, 0.4) is 0 Å². The summed E-state index contributed by atoms with van der Waals surface area (Å²) in [5.74, 6) is 0.406. The summed E-state index contributed by atoms with van der Waals surface area (Å²) in [4.78, 5) is 16.1. The third-order valence-electron chi connectivity index (χ3n) is 3.62. The van der Waals surface area contributed by atoms with Crippen LogP contribution in [0.25, 0.3) is 0 Å². The molecule has 3 rings (SSSR count). The van der Waals surface area contributed by atoms with E-state index in [4.69, 9.17) is 11.6 Å². The first kappa shape index (κ1) is 13.1. The molecule has 0 saturated heterocycles. The van der Waals surface area contributed by atoms with Crippen LogP contribution in [0.2, 0.25) is 5.02 Å². The molecule has 1 fully saturated rings. The van der Waals surface area contributed by atoms with Crippen molar-refractivity contribution < 1.29 is 4.79 Å². The Kier molecular flexibility index (Phi) is 3.70. The predicted octanol–water partition coefficient (Wildman–Crippen LogP) is 3.15. The van der Waals surface area contributed by atoms with Gasteiger partial charge in [-0.05, 0) is 35.6 Å². The standard InChI is InChI=1S/C16H15ClN2O/c17-15-6-2-1-5-12(15)13-8-14(13)16(20)19-10-11-4-3-7-18-9-11/h1-7,9,13-14H,8,10H2,(H,19,20). The number of rotatable bonds is 4. The zero-order chi connectivity index (χ0) is 13.9. The number of halogens is 1. The molecular formula is C16H15ClN2O. The van der Waals surface area contributed by atoms with Crippen molar-refractivity contribution in [2.24, 2.45) is 5.92 Å². The fourth-order valence-electron chi connectivity index (χ4n) is 2.43. The number of carbonyl (C=O) groups excluding carboxylic acids is 1. The first-order valence-electron chi connectivity index (χ1n) is 6.67. The van der Waals surface area contributed by atoms with E-state index in [1.165, 1.54) is 0 Å². The van der Waals surface area contributed by atoms with E-state index in [1.807, 2.05) is 36.4 Å². The van der Waals surface area contributed by atoms with Gasteiger partial charge in [0.15, 0.2) is 0 Å². The van der Waals surface area contributed by atoms with Crippen LogP contribution in [0.1, 0.15) is 23.5 Å². The van der Waals surface area contributed by atoms with Crippen LogP contribution in [0.15, 0.2) is 48.8 Å². The van der Waals surface area contributed by atoms with Gasteiger partial charge in [0.05, 0.1) is 0 Å². The van der Waals surface area contributed by atoms with Gasteiger partial charge in [-0.25, -0.2) is 0 Å². The highest BCUT2D eigenvalue weighted by atomic mass is 35.5. The Morgan fingerprint density at radius 2 is 2.15 bits per heavy atom. The Hall–Kier alpha value is -1.87. The zero-order valence-corrected chi connectivity index (χ0v) is 11.7. The first-order chi connectivity index (χ1) is 9.75. The van der Waals surface area contributed by atoms with Gasteiger partial charge in [0.25, 0.3) is 0 Å². The lowest BCUT2D eigenvalue weighted by atomic mass is 10.1. The number of pyridine rings is 1. The topological polar surface area (TPSA) is 42.0 Å². The molecule has 1 saturated carbocycles. The maximum Gasteiger partial charge on any atom is 0.224 e. The van der Waals surface area contributed by atoms with E-state index in [0.717, 1.165) is 22.6 Å². The highest BCUT2D eigenvalue weighted by Gasteiger charge is 2.44. The van der Waals surface area contributed by atoms with Crippen LogP contribution >= 0.6 is 11.6 Å². The van der Waals surface area contributed by atoms with Crippen molar-refractivity contribution in [2.75, 3.05) is 0 Å². The van der Waals surface area contributed by atoms with Gasteiger partial charge >= 0.3 is 0 Å². The van der Waals surface area contributed by atoms with E-state index in [-0.39, 0.29) is 17.7 Å². The minimum Gasteiger partial charge on any atom is -0.352 e. The Morgan fingerprint density at radius 1 is 1.30 bits per heavy atom. The smallest absolute Gasteiger partial charge is 0.224 e. The Morgan fingerprint density at radius 3 is 2.90 bits per heavy atom. The average Bonchev–Trinajstić information content (AvgIpc) is 3.27. The maximum absolute atomic E-state index is 12.1. The van der Waals surface area contributed by atoms with E-state index in [0.29, 0.717) is 6.54 Å². The summed E-state index contributed by atoms with van der Waals surface area (Å²) in [7, 11) is 0. The van der Waals surface area contributed by atoms with Gasteiger partial charge in [0, 0.05) is 29.9 Å². The second-order valence-electron chi connectivity index (χ2n) is 5.05. The summed E-state index contributed by atoms with van der Waals surface area (Å²) in [6.07, 6.45) is 4.36. The summed E-state index contributed by atoms with van der Waals surface area (Å²) in [6.45, 7) is 0.526. The van der Waals surface area contributed by atoms with Gasteiger partial charge in [-0.1, -0.05) is 35.9 Å². The van der Waals surface area contributed by atoms with E-state index in [2.05, 4.69) is 10.3 Å². The molecule has 3 nitrogen and oxygen atoms in total. The monoisotopic (exact) mass is 286 g/mol. The normalized spacial score (nSPS) is 20.4. The van der Waals surface area contributed by atoms with Gasteiger partial charge in [0.2, 0.25) is 5.91 Å². The molecule has 1 aliphatic carbocycles. The second kappa shape index (κ2) is 5.63. The molecule has 2 unspecified atom stereocenters. The van der Waals surface area contributed by atoms with Crippen LogP contribution in [0, 0.1) is 5.92 Å². The lowest BCUT2D eigenvalue weighted by Crippen LogP contribution is -2.24. The summed E-state index contributed by atoms with van der Waals surface area (Å²) >= 11 is 6.16. The van der Waals surface area contributed by atoms with E-state index < -0.39 is 0 Å². The molecule has 0 bridgehead atoms. The quantitative estimate of drug-likeness (QED) is 0.938. The molecule has 4 heteroatoms. The van der Waals surface area contributed by atoms with Gasteiger partial charge < -0.3 is 5.32 Å². The van der Waals surface area contributed by atoms with Crippen LogP contribution in [0.4, 0.5) is 0 Å². The number of amides is 1. The number of aromatic nitrogens is 1. The van der Waals surface area contributed by atoms with Crippen LogP contribution in [0.5, 0.6) is 0 Å². The van der Waals surface area contributed by atoms with Crippen LogP contribution in [-0.4, -0.2) is 10.9 Å². The Bertz CT molecular complexity index is 615. The molecule has 2 atom stereocenters. The third kappa shape index (κ3) is 2.83. The van der Waals surface area contributed by atoms with Crippen molar-refractivity contribution in [3.05, 3.63) is 64.9 Å². The molecular weight excluding hydrogens is 272 g/mol. The number of hydrogen-bond donors (Lipinski definition) is 1. The largest absolute Gasteiger partial charge is 0.352 e. The lowest BCUT2D eigenvalue weighted by molar-refractivity contribution is -0.122.